The van der Waals surface area contributed by atoms with E-state index >= 15 is 8.78 Å². The lowest BCUT2D eigenvalue weighted by Gasteiger charge is -2.26. The van der Waals surface area contributed by atoms with E-state index in [4.69, 9.17) is 0 Å². The minimum atomic E-state index is -1.24. The summed E-state index contributed by atoms with van der Waals surface area (Å²) in [5, 5.41) is 8.02. The van der Waals surface area contributed by atoms with Crippen LogP contribution in [0.4, 0.5) is 18.3 Å². The molecule has 0 aliphatic carbocycles. The van der Waals surface area contributed by atoms with E-state index in [1.54, 1.807) is 28.1 Å². The topological polar surface area (TPSA) is 92.2 Å². The Morgan fingerprint density at radius 1 is 1.10 bits per heavy atom. The Labute approximate surface area is 243 Å². The zero-order valence-electron chi connectivity index (χ0n) is 22.4. The van der Waals surface area contributed by atoms with Gasteiger partial charge in [-0.05, 0) is 66.7 Å². The predicted molar refractivity (Wildman–Crippen MR) is 151 cm³/mol. The van der Waals surface area contributed by atoms with E-state index in [-0.39, 0.29) is 48.1 Å². The standard InChI is InChI=1S/C30H27F3N6O2S/c31-19-12-25-26(36-15-38(25)13-19)27(28(40)37-30-35-7-8-42-30)39-14-22-21(29(39)41)9-18(11-24(22)33)17-1-2-20(23(32)10-17)16-3-5-34-6-4-16/h1-2,7-11,15-16,19,27,34H,3-6,12-14H2,(H,35,37,40)/t19-,27?/m1/s1. The quantitative estimate of drug-likeness (QED) is 0.330. The molecular formula is C30H27F3N6O2S. The van der Waals surface area contributed by atoms with Gasteiger partial charge in [-0.15, -0.1) is 11.3 Å². The largest absolute Gasteiger partial charge is 0.331 e. The number of benzene rings is 2. The van der Waals surface area contributed by atoms with Crippen molar-refractivity contribution in [2.45, 2.75) is 50.5 Å². The maximum Gasteiger partial charge on any atom is 0.255 e. The summed E-state index contributed by atoms with van der Waals surface area (Å²) >= 11 is 1.21. The van der Waals surface area contributed by atoms with Crippen molar-refractivity contribution in [3.8, 4) is 11.1 Å². The molecule has 0 bridgehead atoms. The molecule has 7 rings (SSSR count). The molecule has 2 amide bonds. The number of nitrogens with zero attached hydrogens (tertiary/aromatic N) is 4. The van der Waals surface area contributed by atoms with Crippen molar-refractivity contribution in [1.82, 2.24) is 24.8 Å². The van der Waals surface area contributed by atoms with E-state index in [2.05, 4.69) is 20.6 Å². The first-order valence-corrected chi connectivity index (χ1v) is 14.8. The Balaban J connectivity index is 1.22. The molecule has 3 aliphatic heterocycles. The molecule has 1 unspecified atom stereocenters. The number of halogens is 3. The van der Waals surface area contributed by atoms with E-state index < -0.39 is 29.8 Å². The fraction of sp³-hybridized carbons (Fsp3) is 0.333. The first-order chi connectivity index (χ1) is 20.4. The SMILES string of the molecule is O=C(Nc1nccs1)C(c1ncn2c1C[C@@H](F)C2)N1Cc2c(F)cc(-c3ccc(C4CCNCC4)c(F)c3)cc2C1=O. The van der Waals surface area contributed by atoms with Crippen LogP contribution in [0, 0.1) is 11.6 Å². The van der Waals surface area contributed by atoms with Crippen LogP contribution in [0.3, 0.4) is 0 Å². The maximum absolute atomic E-state index is 15.6. The van der Waals surface area contributed by atoms with Crippen molar-refractivity contribution >= 4 is 28.3 Å². The first kappa shape index (κ1) is 26.8. The van der Waals surface area contributed by atoms with Crippen LogP contribution in [0.2, 0.25) is 0 Å². The molecule has 0 saturated carbocycles. The number of rotatable bonds is 6. The molecular weight excluding hydrogens is 565 g/mol. The van der Waals surface area contributed by atoms with Crippen LogP contribution < -0.4 is 10.6 Å². The minimum Gasteiger partial charge on any atom is -0.331 e. The lowest BCUT2D eigenvalue weighted by molar-refractivity contribution is -0.121. The first-order valence-electron chi connectivity index (χ1n) is 13.9. The number of aromatic nitrogens is 3. The number of thiazole rings is 1. The van der Waals surface area contributed by atoms with Gasteiger partial charge in [0.25, 0.3) is 11.8 Å². The van der Waals surface area contributed by atoms with Crippen LogP contribution in [0.5, 0.6) is 0 Å². The van der Waals surface area contributed by atoms with Crippen LogP contribution in [0.15, 0.2) is 48.2 Å². The maximum atomic E-state index is 15.6. The molecule has 3 aliphatic rings. The van der Waals surface area contributed by atoms with Gasteiger partial charge in [0, 0.05) is 34.8 Å². The fourth-order valence-electron chi connectivity index (χ4n) is 6.32. The Morgan fingerprint density at radius 2 is 1.90 bits per heavy atom. The molecule has 42 heavy (non-hydrogen) atoms. The monoisotopic (exact) mass is 592 g/mol. The van der Waals surface area contributed by atoms with E-state index in [1.165, 1.54) is 40.9 Å². The number of carbonyl (C=O) groups is 2. The van der Waals surface area contributed by atoms with Crippen LogP contribution in [-0.4, -0.2) is 50.5 Å². The summed E-state index contributed by atoms with van der Waals surface area (Å²) in [5.41, 5.74) is 2.47. The number of alkyl halides is 1. The summed E-state index contributed by atoms with van der Waals surface area (Å²) in [6.45, 7) is 1.60. The molecule has 12 heteroatoms. The number of carbonyl (C=O) groups excluding carboxylic acids is 2. The van der Waals surface area contributed by atoms with E-state index in [0.717, 1.165) is 25.9 Å². The molecule has 2 aromatic heterocycles. The molecule has 216 valence electrons. The van der Waals surface area contributed by atoms with Crippen LogP contribution in [0.1, 0.15) is 57.7 Å². The number of nitrogens with one attached hydrogen (secondary N) is 2. The van der Waals surface area contributed by atoms with Gasteiger partial charge in [-0.3, -0.25) is 14.9 Å². The van der Waals surface area contributed by atoms with Gasteiger partial charge < -0.3 is 14.8 Å². The van der Waals surface area contributed by atoms with Crippen LogP contribution in [-0.2, 0) is 24.3 Å². The Kier molecular flexibility index (Phi) is 6.82. The highest BCUT2D eigenvalue weighted by atomic mass is 32.1. The summed E-state index contributed by atoms with van der Waals surface area (Å²) in [6, 6.07) is 6.49. The zero-order chi connectivity index (χ0) is 29.0. The summed E-state index contributed by atoms with van der Waals surface area (Å²) < 4.78 is 46.7. The van der Waals surface area contributed by atoms with Crippen LogP contribution in [0.25, 0.3) is 11.1 Å². The van der Waals surface area contributed by atoms with Gasteiger partial charge in [0.1, 0.15) is 17.8 Å². The molecule has 0 radical (unpaired) electrons. The van der Waals surface area contributed by atoms with Gasteiger partial charge in [-0.1, -0.05) is 12.1 Å². The van der Waals surface area contributed by atoms with Gasteiger partial charge in [0.15, 0.2) is 11.2 Å². The highest BCUT2D eigenvalue weighted by Gasteiger charge is 2.43. The van der Waals surface area contributed by atoms with Crippen molar-refractivity contribution < 1.29 is 22.8 Å². The van der Waals surface area contributed by atoms with Gasteiger partial charge in [0.05, 0.1) is 25.1 Å². The molecule has 1 fully saturated rings. The van der Waals surface area contributed by atoms with Gasteiger partial charge in [0.2, 0.25) is 0 Å². The zero-order valence-corrected chi connectivity index (χ0v) is 23.3. The lowest BCUT2D eigenvalue weighted by Crippen LogP contribution is -2.38. The average Bonchev–Trinajstić information content (AvgIpc) is 3.77. The van der Waals surface area contributed by atoms with Crippen molar-refractivity contribution in [3.05, 3.63) is 87.9 Å². The summed E-state index contributed by atoms with van der Waals surface area (Å²) in [7, 11) is 0. The molecule has 4 aromatic rings. The van der Waals surface area contributed by atoms with Gasteiger partial charge >= 0.3 is 0 Å². The van der Waals surface area contributed by atoms with E-state index in [0.29, 0.717) is 27.5 Å². The number of anilines is 1. The number of amides is 2. The van der Waals surface area contributed by atoms with Gasteiger partial charge in [-0.2, -0.15) is 0 Å². The van der Waals surface area contributed by atoms with E-state index in [9.17, 15) is 14.0 Å². The normalized spacial score (nSPS) is 19.2. The number of hydrogen-bond acceptors (Lipinski definition) is 6. The van der Waals surface area contributed by atoms with Gasteiger partial charge in [-0.25, -0.2) is 23.1 Å². The summed E-state index contributed by atoms with van der Waals surface area (Å²) in [6.07, 6.45) is 3.62. The average molecular weight is 593 g/mol. The fourth-order valence-corrected chi connectivity index (χ4v) is 6.85. The molecule has 2 atom stereocenters. The summed E-state index contributed by atoms with van der Waals surface area (Å²) in [4.78, 5) is 37.2. The second-order valence-corrected chi connectivity index (χ2v) is 11.8. The van der Waals surface area contributed by atoms with Crippen molar-refractivity contribution in [1.29, 1.82) is 0 Å². The third-order valence-electron chi connectivity index (χ3n) is 8.40. The molecule has 2 aromatic carbocycles. The number of piperidine rings is 1. The third-order valence-corrected chi connectivity index (χ3v) is 9.09. The number of imidazole rings is 1. The lowest BCUT2D eigenvalue weighted by atomic mass is 9.88. The second kappa shape index (κ2) is 10.7. The molecule has 5 heterocycles. The van der Waals surface area contributed by atoms with Crippen molar-refractivity contribution in [3.63, 3.8) is 0 Å². The molecule has 1 saturated heterocycles. The van der Waals surface area contributed by atoms with Crippen molar-refractivity contribution in [2.75, 3.05) is 18.4 Å². The van der Waals surface area contributed by atoms with Crippen LogP contribution >= 0.6 is 11.3 Å². The minimum absolute atomic E-state index is 0.0583. The highest BCUT2D eigenvalue weighted by molar-refractivity contribution is 7.13. The smallest absolute Gasteiger partial charge is 0.255 e. The number of fused-ring (bicyclic) bond motifs is 2. The third kappa shape index (κ3) is 4.68. The molecule has 2 N–H and O–H groups in total. The van der Waals surface area contributed by atoms with E-state index in [1.807, 2.05) is 0 Å². The Hall–Kier alpha value is -4.03. The molecule has 0 spiro atoms. The summed E-state index contributed by atoms with van der Waals surface area (Å²) in [5.74, 6) is -2.00. The molecule has 8 nitrogen and oxygen atoms in total. The Bertz CT molecular complexity index is 1680. The Morgan fingerprint density at radius 3 is 2.67 bits per heavy atom. The number of hydrogen-bond donors (Lipinski definition) is 2. The predicted octanol–water partition coefficient (Wildman–Crippen LogP) is 4.98. The highest BCUT2D eigenvalue weighted by Crippen LogP contribution is 2.39. The van der Waals surface area contributed by atoms with Crippen molar-refractivity contribution in [2.24, 2.45) is 0 Å². The second-order valence-electron chi connectivity index (χ2n) is 10.9.